The quantitative estimate of drug-likeness (QED) is 0.405. The molecule has 0 spiro atoms. The van der Waals surface area contributed by atoms with Gasteiger partial charge in [0.05, 0.1) is 32.5 Å². The molecule has 0 saturated heterocycles. The van der Waals surface area contributed by atoms with Gasteiger partial charge in [-0.1, -0.05) is 0 Å². The Hall–Kier alpha value is -1.78. The maximum atomic E-state index is 12.8. The summed E-state index contributed by atoms with van der Waals surface area (Å²) in [6.45, 7) is 3.14. The van der Waals surface area contributed by atoms with Gasteiger partial charge in [0.2, 0.25) is 5.91 Å². The molecule has 1 amide bonds. The van der Waals surface area contributed by atoms with Crippen molar-refractivity contribution in [3.8, 4) is 0 Å². The van der Waals surface area contributed by atoms with E-state index in [4.69, 9.17) is 9.05 Å². The van der Waals surface area contributed by atoms with E-state index in [2.05, 4.69) is 4.98 Å². The Balaban J connectivity index is 3.18. The summed E-state index contributed by atoms with van der Waals surface area (Å²) in [5, 5.41) is 18.9. The number of H-pyrrole nitrogens is 1. The molecule has 0 unspecified atom stereocenters. The Labute approximate surface area is 156 Å². The lowest BCUT2D eigenvalue weighted by Gasteiger charge is -2.32. The Kier molecular flexibility index (Phi) is 9.07. The number of carbonyl (C=O) groups is 1. The fraction of sp³-hybridized carbons (Fsp3) is 0.667. The number of carbonyl (C=O) groups excluding carboxylic acids is 1. The average molecular weight is 407 g/mol. The summed E-state index contributed by atoms with van der Waals surface area (Å²) in [5.41, 5.74) is -1.13. The zero-order chi connectivity index (χ0) is 20.6. The Morgan fingerprint density at radius 2 is 1.81 bits per heavy atom. The molecule has 12 heteroatoms. The third-order valence-corrected chi connectivity index (χ3v) is 5.61. The van der Waals surface area contributed by atoms with Gasteiger partial charge in [-0.3, -0.25) is 23.7 Å². The van der Waals surface area contributed by atoms with Gasteiger partial charge in [-0.05, 0) is 20.8 Å². The Bertz CT molecular complexity index is 776. The normalized spacial score (nSPS) is 11.8. The molecule has 0 bridgehead atoms. The van der Waals surface area contributed by atoms with Gasteiger partial charge < -0.3 is 24.2 Å². The van der Waals surface area contributed by atoms with E-state index in [1.165, 1.54) is 13.1 Å². The predicted octanol–water partition coefficient (Wildman–Crippen LogP) is -0.750. The highest BCUT2D eigenvalue weighted by molar-refractivity contribution is 7.53. The number of hydrogen-bond acceptors (Lipinski definition) is 8. The molecule has 0 aliphatic carbocycles. The molecule has 0 fully saturated rings. The zero-order valence-electron chi connectivity index (χ0n) is 15.6. The van der Waals surface area contributed by atoms with Gasteiger partial charge in [-0.25, -0.2) is 4.79 Å². The topological polar surface area (TPSA) is 151 Å². The highest BCUT2D eigenvalue weighted by atomic mass is 31.2. The highest BCUT2D eigenvalue weighted by Crippen LogP contribution is 2.48. The van der Waals surface area contributed by atoms with E-state index >= 15 is 0 Å². The summed E-state index contributed by atoms with van der Waals surface area (Å²) in [5.74, 6) is -0.712. The van der Waals surface area contributed by atoms with E-state index in [1.807, 2.05) is 0 Å². The van der Waals surface area contributed by atoms with Gasteiger partial charge in [-0.15, -0.1) is 0 Å². The van der Waals surface area contributed by atoms with Crippen LogP contribution in [0.25, 0.3) is 0 Å². The molecule has 3 N–H and O–H groups in total. The Morgan fingerprint density at radius 3 is 2.30 bits per heavy atom. The summed E-state index contributed by atoms with van der Waals surface area (Å²) in [6, 6.07) is -1.06. The first-order valence-electron chi connectivity index (χ1n) is 8.41. The van der Waals surface area contributed by atoms with Crippen LogP contribution in [0.2, 0.25) is 0 Å². The number of amides is 1. The molecule has 0 aliphatic rings. The van der Waals surface area contributed by atoms with E-state index < -0.39 is 56.8 Å². The Morgan fingerprint density at radius 1 is 1.26 bits per heavy atom. The van der Waals surface area contributed by atoms with Crippen LogP contribution in [0.15, 0.2) is 15.8 Å². The van der Waals surface area contributed by atoms with Crippen LogP contribution in [-0.2, 0) is 25.0 Å². The van der Waals surface area contributed by atoms with Crippen molar-refractivity contribution in [2.45, 2.75) is 33.4 Å². The minimum atomic E-state index is -3.71. The molecule has 27 heavy (non-hydrogen) atoms. The number of nitrogens with one attached hydrogen (secondary N) is 1. The van der Waals surface area contributed by atoms with Crippen LogP contribution < -0.4 is 11.2 Å². The number of hydrogen-bond donors (Lipinski definition) is 3. The van der Waals surface area contributed by atoms with Crippen molar-refractivity contribution in [2.75, 3.05) is 32.7 Å². The van der Waals surface area contributed by atoms with E-state index in [0.29, 0.717) is 0 Å². The van der Waals surface area contributed by atoms with Gasteiger partial charge in [0.1, 0.15) is 12.8 Å². The van der Waals surface area contributed by atoms with Crippen molar-refractivity contribution in [3.05, 3.63) is 32.6 Å². The van der Waals surface area contributed by atoms with Gasteiger partial charge in [-0.2, -0.15) is 0 Å². The smallest absolute Gasteiger partial charge is 0.349 e. The van der Waals surface area contributed by atoms with Crippen molar-refractivity contribution in [3.63, 3.8) is 0 Å². The van der Waals surface area contributed by atoms with Gasteiger partial charge in [0.15, 0.2) is 0 Å². The van der Waals surface area contributed by atoms with Crippen LogP contribution in [-0.4, -0.2) is 69.3 Å². The van der Waals surface area contributed by atoms with E-state index in [0.717, 1.165) is 9.47 Å². The first-order valence-corrected chi connectivity index (χ1v) is 10.1. The molecule has 0 atom stereocenters. The summed E-state index contributed by atoms with van der Waals surface area (Å²) < 4.78 is 24.1. The van der Waals surface area contributed by atoms with Crippen molar-refractivity contribution >= 4 is 13.5 Å². The molecule has 0 radical (unpaired) electrons. The largest absolute Gasteiger partial charge is 0.394 e. The second-order valence-corrected chi connectivity index (χ2v) is 7.69. The molecule has 0 aliphatic heterocycles. The molecule has 11 nitrogen and oxygen atoms in total. The summed E-state index contributed by atoms with van der Waals surface area (Å²) >= 11 is 0. The maximum Gasteiger partial charge on any atom is 0.349 e. The number of aliphatic hydroxyl groups is 2. The fourth-order valence-corrected chi connectivity index (χ4v) is 4.11. The SMILES string of the molecule is CCOP(=O)(CN(C(=O)Cn1cc(C)c(=O)[nH]c1=O)C(CO)CO)OCC. The van der Waals surface area contributed by atoms with Crippen LogP contribution in [0.1, 0.15) is 19.4 Å². The number of nitrogens with zero attached hydrogens (tertiary/aromatic N) is 2. The lowest BCUT2D eigenvalue weighted by atomic mass is 10.3. The van der Waals surface area contributed by atoms with Crippen LogP contribution >= 0.6 is 7.60 Å². The molecular weight excluding hydrogens is 381 g/mol. The van der Waals surface area contributed by atoms with Gasteiger partial charge in [0.25, 0.3) is 5.56 Å². The second kappa shape index (κ2) is 10.5. The van der Waals surface area contributed by atoms with Gasteiger partial charge >= 0.3 is 13.3 Å². The summed E-state index contributed by atoms with van der Waals surface area (Å²) in [7, 11) is -3.71. The number of aromatic amines is 1. The number of rotatable bonds is 11. The highest BCUT2D eigenvalue weighted by Gasteiger charge is 2.33. The maximum absolute atomic E-state index is 12.8. The molecule has 1 aromatic rings. The summed E-state index contributed by atoms with van der Waals surface area (Å²) in [6.07, 6.45) is 0.713. The molecule has 154 valence electrons. The standard InChI is InChI=1S/C15H26N3O8P/c1-4-25-27(24,26-5-2)10-18(12(8-19)9-20)13(21)7-17-6-11(3)14(22)16-15(17)23/h6,12,19-20H,4-5,7-10H2,1-3H3,(H,16,22,23). The van der Waals surface area contributed by atoms with E-state index in [-0.39, 0.29) is 18.8 Å². The van der Waals surface area contributed by atoms with Crippen molar-refractivity contribution in [2.24, 2.45) is 0 Å². The number of aliphatic hydroxyl groups excluding tert-OH is 2. The third-order valence-electron chi connectivity index (χ3n) is 3.65. The van der Waals surface area contributed by atoms with Crippen molar-refractivity contribution in [1.82, 2.24) is 14.5 Å². The van der Waals surface area contributed by atoms with Crippen molar-refractivity contribution in [1.29, 1.82) is 0 Å². The number of aryl methyl sites for hydroxylation is 1. The van der Waals surface area contributed by atoms with Crippen LogP contribution in [0.5, 0.6) is 0 Å². The monoisotopic (exact) mass is 407 g/mol. The second-order valence-electron chi connectivity index (χ2n) is 5.67. The lowest BCUT2D eigenvalue weighted by molar-refractivity contribution is -0.135. The molecular formula is C15H26N3O8P. The minimum Gasteiger partial charge on any atom is -0.394 e. The van der Waals surface area contributed by atoms with Crippen LogP contribution in [0, 0.1) is 6.92 Å². The van der Waals surface area contributed by atoms with Crippen LogP contribution in [0.3, 0.4) is 0 Å². The zero-order valence-corrected chi connectivity index (χ0v) is 16.5. The van der Waals surface area contributed by atoms with Crippen molar-refractivity contribution < 1.29 is 28.6 Å². The van der Waals surface area contributed by atoms with E-state index in [9.17, 15) is 29.2 Å². The number of aromatic nitrogens is 2. The third kappa shape index (κ3) is 6.40. The average Bonchev–Trinajstić information content (AvgIpc) is 2.60. The molecule has 1 heterocycles. The molecule has 0 saturated carbocycles. The molecule has 1 aromatic heterocycles. The first kappa shape index (κ1) is 23.3. The van der Waals surface area contributed by atoms with Gasteiger partial charge in [0, 0.05) is 11.8 Å². The van der Waals surface area contributed by atoms with Crippen LogP contribution in [0.4, 0.5) is 0 Å². The molecule has 0 aromatic carbocycles. The molecule has 1 rings (SSSR count). The first-order chi connectivity index (χ1) is 12.7. The summed E-state index contributed by atoms with van der Waals surface area (Å²) in [4.78, 5) is 39.1. The fourth-order valence-electron chi connectivity index (χ4n) is 2.32. The predicted molar refractivity (Wildman–Crippen MR) is 96.6 cm³/mol. The van der Waals surface area contributed by atoms with E-state index in [1.54, 1.807) is 13.8 Å². The lowest BCUT2D eigenvalue weighted by Crippen LogP contribution is -2.48. The minimum absolute atomic E-state index is 0.0702.